The van der Waals surface area contributed by atoms with Crippen molar-refractivity contribution < 1.29 is 0 Å². The Morgan fingerprint density at radius 1 is 0.177 bits per heavy atom. The molecule has 17 rings (SSSR count). The van der Waals surface area contributed by atoms with Crippen molar-refractivity contribution in [1.82, 2.24) is 0 Å². The molecule has 366 valence electrons. The summed E-state index contributed by atoms with van der Waals surface area (Å²) in [4.78, 5) is 0. The third-order valence-electron chi connectivity index (χ3n) is 18.0. The maximum atomic E-state index is 2.48. The van der Waals surface area contributed by atoms with Crippen molar-refractivity contribution >= 4 is 64.6 Å². The average Bonchev–Trinajstić information content (AvgIpc) is 3.02. The van der Waals surface area contributed by atoms with E-state index >= 15 is 0 Å². The third kappa shape index (κ3) is 6.04. The molecule has 0 bridgehead atoms. The normalized spacial score (nSPS) is 12.2. The lowest BCUT2D eigenvalue weighted by molar-refractivity contribution is 1.40. The monoisotopic (exact) mass is 998 g/mol. The van der Waals surface area contributed by atoms with Crippen molar-refractivity contribution in [2.45, 2.75) is 20.8 Å². The van der Waals surface area contributed by atoms with Crippen LogP contribution in [0.25, 0.3) is 176 Å². The Hall–Kier alpha value is -9.88. The van der Waals surface area contributed by atoms with Gasteiger partial charge in [0, 0.05) is 0 Å². The van der Waals surface area contributed by atoms with Crippen LogP contribution in [0.2, 0.25) is 0 Å². The minimum Gasteiger partial charge on any atom is -0.0622 e. The van der Waals surface area contributed by atoms with E-state index in [4.69, 9.17) is 0 Å². The molecule has 15 aromatic carbocycles. The molecule has 0 aliphatic heterocycles. The highest BCUT2D eigenvalue weighted by molar-refractivity contribution is 6.42. The fraction of sp³-hybridized carbons (Fsp3) is 0.0380. The van der Waals surface area contributed by atoms with E-state index in [9.17, 15) is 0 Å². The van der Waals surface area contributed by atoms with Crippen molar-refractivity contribution in [3.8, 4) is 111 Å². The molecule has 0 radical (unpaired) electrons. The van der Waals surface area contributed by atoms with Crippen molar-refractivity contribution in [2.75, 3.05) is 0 Å². The summed E-state index contributed by atoms with van der Waals surface area (Å²) in [7, 11) is 0. The van der Waals surface area contributed by atoms with Crippen LogP contribution >= 0.6 is 0 Å². The van der Waals surface area contributed by atoms with Crippen molar-refractivity contribution in [3.05, 3.63) is 265 Å². The highest BCUT2D eigenvalue weighted by atomic mass is 14.4. The molecule has 0 spiro atoms. The van der Waals surface area contributed by atoms with Gasteiger partial charge < -0.3 is 0 Å². The molecule has 2 aliphatic rings. The van der Waals surface area contributed by atoms with Crippen molar-refractivity contribution in [2.24, 2.45) is 0 Å². The van der Waals surface area contributed by atoms with Crippen molar-refractivity contribution in [3.63, 3.8) is 0 Å². The fourth-order valence-corrected chi connectivity index (χ4v) is 14.8. The van der Waals surface area contributed by atoms with Crippen LogP contribution in [0.4, 0.5) is 0 Å². The van der Waals surface area contributed by atoms with E-state index in [1.54, 1.807) is 0 Å². The van der Waals surface area contributed by atoms with Gasteiger partial charge >= 0.3 is 0 Å². The summed E-state index contributed by atoms with van der Waals surface area (Å²) < 4.78 is 0. The molecule has 0 aromatic heterocycles. The van der Waals surface area contributed by atoms with Crippen molar-refractivity contribution in [1.29, 1.82) is 0 Å². The number of aryl methyl sites for hydroxylation is 3. The maximum Gasteiger partial charge on any atom is -0.000718 e. The predicted molar refractivity (Wildman–Crippen MR) is 338 cm³/mol. The van der Waals surface area contributed by atoms with Crippen LogP contribution in [0.1, 0.15) is 16.7 Å². The van der Waals surface area contributed by atoms with E-state index in [0.29, 0.717) is 0 Å². The van der Waals surface area contributed by atoms with Gasteiger partial charge in [-0.2, -0.15) is 0 Å². The summed E-state index contributed by atoms with van der Waals surface area (Å²) in [6.07, 6.45) is 0. The Morgan fingerprint density at radius 3 is 0.899 bits per heavy atom. The van der Waals surface area contributed by atoms with Gasteiger partial charge in [-0.25, -0.2) is 0 Å². The lowest BCUT2D eigenvalue weighted by Gasteiger charge is -2.23. The Morgan fingerprint density at radius 2 is 0.494 bits per heavy atom. The summed E-state index contributed by atoms with van der Waals surface area (Å²) in [6, 6.07) is 94.3. The van der Waals surface area contributed by atoms with Gasteiger partial charge in [0.2, 0.25) is 0 Å². The first kappa shape index (κ1) is 44.3. The molecule has 0 saturated carbocycles. The van der Waals surface area contributed by atoms with Crippen LogP contribution in [-0.2, 0) is 0 Å². The molecule has 2 aliphatic carbocycles. The minimum atomic E-state index is 1.22. The zero-order valence-electron chi connectivity index (χ0n) is 44.2. The van der Waals surface area contributed by atoms with Crippen LogP contribution < -0.4 is 0 Å². The summed E-state index contributed by atoms with van der Waals surface area (Å²) in [5, 5.41) is 15.7. The zero-order valence-corrected chi connectivity index (χ0v) is 44.2. The Labute approximate surface area is 459 Å². The van der Waals surface area contributed by atoms with Crippen LogP contribution in [0.15, 0.2) is 249 Å². The van der Waals surface area contributed by atoms with E-state index in [-0.39, 0.29) is 0 Å². The third-order valence-corrected chi connectivity index (χ3v) is 18.0. The molecule has 0 saturated heterocycles. The first-order valence-electron chi connectivity index (χ1n) is 27.8. The van der Waals surface area contributed by atoms with E-state index < -0.39 is 0 Å². The Bertz CT molecular complexity index is 5110. The second-order valence-electron chi connectivity index (χ2n) is 22.2. The van der Waals surface area contributed by atoms with Gasteiger partial charge in [0.05, 0.1) is 0 Å². The fourth-order valence-electron chi connectivity index (χ4n) is 14.8. The number of rotatable bonds is 6. The quantitative estimate of drug-likeness (QED) is 0.115. The van der Waals surface area contributed by atoms with Gasteiger partial charge in [-0.1, -0.05) is 254 Å². The highest BCUT2D eigenvalue weighted by Crippen LogP contribution is 2.64. The van der Waals surface area contributed by atoms with E-state index in [1.165, 1.54) is 193 Å². The van der Waals surface area contributed by atoms with Gasteiger partial charge in [0.15, 0.2) is 0 Å². The first-order valence-corrected chi connectivity index (χ1v) is 27.8. The predicted octanol–water partition coefficient (Wildman–Crippen LogP) is 22.3. The second kappa shape index (κ2) is 16.6. The molecule has 15 aromatic rings. The molecule has 0 heteroatoms. The minimum absolute atomic E-state index is 1.22. The van der Waals surface area contributed by atoms with Crippen LogP contribution in [0.3, 0.4) is 0 Å². The molecule has 0 amide bonds. The molecule has 0 fully saturated rings. The lowest BCUT2D eigenvalue weighted by Crippen LogP contribution is -1.96. The van der Waals surface area contributed by atoms with Gasteiger partial charge in [0.25, 0.3) is 0 Å². The molecular weight excluding hydrogens is 949 g/mol. The maximum absolute atomic E-state index is 2.48. The molecule has 79 heavy (non-hydrogen) atoms. The molecule has 0 nitrogen and oxygen atoms in total. The Balaban J connectivity index is 1.000. The van der Waals surface area contributed by atoms with Gasteiger partial charge in [0.1, 0.15) is 0 Å². The number of hydrogen-bond donors (Lipinski definition) is 0. The molecule has 0 unspecified atom stereocenters. The Kier molecular flexibility index (Phi) is 9.28. The molecule has 0 atom stereocenters. The second-order valence-corrected chi connectivity index (χ2v) is 22.2. The number of hydrogen-bond acceptors (Lipinski definition) is 0. The van der Waals surface area contributed by atoms with Gasteiger partial charge in [-0.3, -0.25) is 0 Å². The van der Waals surface area contributed by atoms with Crippen LogP contribution in [-0.4, -0.2) is 0 Å². The van der Waals surface area contributed by atoms with Crippen LogP contribution in [0, 0.1) is 20.8 Å². The topological polar surface area (TPSA) is 0 Å². The lowest BCUT2D eigenvalue weighted by atomic mass is 9.80. The van der Waals surface area contributed by atoms with E-state index in [0.717, 1.165) is 0 Å². The summed E-state index contributed by atoms with van der Waals surface area (Å²) in [6.45, 7) is 6.79. The average molecular weight is 999 g/mol. The SMILES string of the molecule is Cc1ccc(C)c(-c2c3c(c(-c4ccccc4-c4ccccc4)c4ccccc24)-c2ccc4c5ccc6c7c(ccc(c8ccc-3c2c84)c75)-c2c-6c(-c3ccccc3C)c3ccccc3c2-c2ccccc2-c2ccccc2)c1. The number of fused-ring (bicyclic) bond motifs is 10. The van der Waals surface area contributed by atoms with Gasteiger partial charge in [-0.05, 0) is 208 Å². The largest absolute Gasteiger partial charge is 0.0622 e. The van der Waals surface area contributed by atoms with E-state index in [1.807, 2.05) is 0 Å². The summed E-state index contributed by atoms with van der Waals surface area (Å²) >= 11 is 0. The molecule has 0 N–H and O–H groups in total. The smallest absolute Gasteiger partial charge is 0.000718 e. The van der Waals surface area contributed by atoms with Gasteiger partial charge in [-0.15, -0.1) is 0 Å². The highest BCUT2D eigenvalue weighted by Gasteiger charge is 2.36. The van der Waals surface area contributed by atoms with E-state index in [2.05, 4.69) is 269 Å². The zero-order chi connectivity index (χ0) is 52.2. The summed E-state index contributed by atoms with van der Waals surface area (Å²) in [5.41, 5.74) is 29.6. The molecular formula is C79H50. The number of benzene rings is 15. The molecule has 0 heterocycles. The first-order chi connectivity index (χ1) is 39.0. The van der Waals surface area contributed by atoms with Crippen LogP contribution in [0.5, 0.6) is 0 Å². The summed E-state index contributed by atoms with van der Waals surface area (Å²) in [5.74, 6) is 0. The standard InChI is InChI=1S/C79H50/c1-45-34-35-47(3)67(44-45)73-58-33-19-18-32-57(58)72(54-29-15-13-27-52(54)49-23-8-5-9-24-49)78-65-42-38-61-59-36-40-63-74-64(41-37-60(69(59)74)62-39-43-66(79(73)78)75(65)70(61)62)77-71(53-28-14-12-26-51(53)48-21-6-4-7-22-48)56-31-17-16-30-55(56)68(76(63)77)50-25-11-10-20-46(50)2/h4-44H,1-3H3.